The molecule has 8 atom stereocenters. The molecule has 4 saturated carbocycles. The van der Waals surface area contributed by atoms with Gasteiger partial charge in [0.15, 0.2) is 0 Å². The number of likely N-dealkylation sites (tertiary alicyclic amines) is 1. The van der Waals surface area contributed by atoms with Gasteiger partial charge in [-0.1, -0.05) is 60.1 Å². The Hall–Kier alpha value is -2.08. The molecule has 1 amide bonds. The lowest BCUT2D eigenvalue weighted by atomic mass is 9.33. The topological polar surface area (TPSA) is 69.0 Å². The molecule has 5 fully saturated rings. The Morgan fingerprint density at radius 3 is 2.33 bits per heavy atom. The van der Waals surface area contributed by atoms with Crippen molar-refractivity contribution in [3.63, 3.8) is 0 Å². The average Bonchev–Trinajstić information content (AvgIpc) is 3.49. The summed E-state index contributed by atoms with van der Waals surface area (Å²) in [5, 5.41) is 0. The second-order valence-corrected chi connectivity index (χ2v) is 18.2. The molecule has 2 heterocycles. The van der Waals surface area contributed by atoms with Crippen LogP contribution in [0.4, 0.5) is 0 Å². The number of ether oxygens (including phenoxy) is 2. The van der Waals surface area contributed by atoms with Crippen LogP contribution >= 0.6 is 0 Å². The summed E-state index contributed by atoms with van der Waals surface area (Å²) in [7, 11) is 1.77. The molecule has 1 aromatic heterocycles. The highest BCUT2D eigenvalue weighted by molar-refractivity contribution is 5.86. The Bertz CT molecular complexity index is 1370. The molecule has 5 aliphatic carbocycles. The van der Waals surface area contributed by atoms with Crippen LogP contribution in [-0.2, 0) is 14.3 Å². The number of hydrogen-bond donors (Lipinski definition) is 0. The van der Waals surface area contributed by atoms with E-state index < -0.39 is 0 Å². The fourth-order valence-corrected chi connectivity index (χ4v) is 12.5. The quantitative estimate of drug-likeness (QED) is 0.250. The first-order valence-electron chi connectivity index (χ1n) is 17.9. The van der Waals surface area contributed by atoms with Crippen molar-refractivity contribution >= 4 is 11.9 Å². The number of carbonyl (C=O) groups is 2. The zero-order chi connectivity index (χ0) is 32.2. The summed E-state index contributed by atoms with van der Waals surface area (Å²) in [6, 6.07) is 3.44. The number of allylic oxidation sites excluding steroid dienone is 2. The predicted octanol–water partition coefficient (Wildman–Crippen LogP) is 8.46. The van der Waals surface area contributed by atoms with Crippen molar-refractivity contribution in [3.8, 4) is 0 Å². The van der Waals surface area contributed by atoms with E-state index in [4.69, 9.17) is 13.9 Å². The molecule has 1 aliphatic heterocycles. The zero-order valence-corrected chi connectivity index (χ0v) is 29.2. The molecule has 1 aromatic rings. The second-order valence-electron chi connectivity index (χ2n) is 18.2. The van der Waals surface area contributed by atoms with Gasteiger partial charge in [0, 0.05) is 25.6 Å². The van der Waals surface area contributed by atoms with Crippen LogP contribution in [-0.4, -0.2) is 49.2 Å². The normalized spacial score (nSPS) is 43.5. The van der Waals surface area contributed by atoms with Crippen molar-refractivity contribution in [3.05, 3.63) is 35.8 Å². The second kappa shape index (κ2) is 10.2. The molecular formula is C39H57NO5. The Balaban J connectivity index is 1.20. The molecule has 6 aliphatic rings. The molecule has 6 nitrogen and oxygen atoms in total. The fraction of sp³-hybridized carbons (Fsp3) is 0.795. The predicted molar refractivity (Wildman–Crippen MR) is 174 cm³/mol. The van der Waals surface area contributed by atoms with Gasteiger partial charge in [0.25, 0.3) is 0 Å². The fourth-order valence-electron chi connectivity index (χ4n) is 12.5. The third kappa shape index (κ3) is 4.35. The number of hydrogen-bond acceptors (Lipinski definition) is 5. The maximum Gasteiger partial charge on any atom is 0.374 e. The molecule has 6 heteroatoms. The van der Waals surface area contributed by atoms with Gasteiger partial charge in [0.1, 0.15) is 6.10 Å². The van der Waals surface area contributed by atoms with Crippen molar-refractivity contribution in [2.45, 2.75) is 125 Å². The molecule has 0 spiro atoms. The van der Waals surface area contributed by atoms with Crippen LogP contribution in [0.15, 0.2) is 34.5 Å². The van der Waals surface area contributed by atoms with E-state index in [0.717, 1.165) is 70.9 Å². The molecule has 0 bridgehead atoms. The number of furan rings is 1. The molecular weight excluding hydrogens is 562 g/mol. The number of nitrogens with zero attached hydrogens (tertiary/aromatic N) is 1. The summed E-state index contributed by atoms with van der Waals surface area (Å²) in [6.07, 6.45) is 15.0. The minimum Gasteiger partial charge on any atom is -0.457 e. The van der Waals surface area contributed by atoms with Gasteiger partial charge in [-0.15, -0.1) is 0 Å². The first-order chi connectivity index (χ1) is 21.1. The molecule has 7 rings (SSSR count). The first-order valence-corrected chi connectivity index (χ1v) is 17.9. The maximum atomic E-state index is 14.4. The molecule has 0 N–H and O–H groups in total. The summed E-state index contributed by atoms with van der Waals surface area (Å²) in [5.41, 5.74) is 1.90. The van der Waals surface area contributed by atoms with Gasteiger partial charge in [0.05, 0.1) is 17.8 Å². The summed E-state index contributed by atoms with van der Waals surface area (Å²) in [5.74, 6) is 1.72. The van der Waals surface area contributed by atoms with Crippen molar-refractivity contribution in [2.75, 3.05) is 20.2 Å². The number of fused-ring (bicyclic) bond motifs is 7. The Kier molecular flexibility index (Phi) is 7.15. The molecule has 0 unspecified atom stereocenters. The van der Waals surface area contributed by atoms with E-state index in [1.54, 1.807) is 24.8 Å². The minimum absolute atomic E-state index is 0.0858. The van der Waals surface area contributed by atoms with E-state index in [9.17, 15) is 9.59 Å². The van der Waals surface area contributed by atoms with Crippen LogP contribution < -0.4 is 0 Å². The number of rotatable bonds is 4. The summed E-state index contributed by atoms with van der Waals surface area (Å²) < 4.78 is 17.1. The molecule has 45 heavy (non-hydrogen) atoms. The lowest BCUT2D eigenvalue weighted by molar-refractivity contribution is -0.206. The van der Waals surface area contributed by atoms with E-state index in [1.807, 2.05) is 0 Å². The zero-order valence-electron chi connectivity index (χ0n) is 29.2. The van der Waals surface area contributed by atoms with Crippen LogP contribution in [0.5, 0.6) is 0 Å². The van der Waals surface area contributed by atoms with Gasteiger partial charge in [-0.25, -0.2) is 4.79 Å². The molecule has 0 radical (unpaired) electrons. The molecule has 0 aromatic carbocycles. The monoisotopic (exact) mass is 619 g/mol. The molecule has 248 valence electrons. The number of amides is 1. The van der Waals surface area contributed by atoms with Crippen molar-refractivity contribution in [1.82, 2.24) is 4.90 Å². The third-order valence-corrected chi connectivity index (χ3v) is 15.4. The Morgan fingerprint density at radius 2 is 1.64 bits per heavy atom. The SMILES string of the molecule is COC1CN(C(=O)[C@]23CCC(C)(C)C[C@H]2C2=CC[C@@H]4[C@@]5(C)CC[C@H](OC(=O)c6ccco6)C(C)(C)[C@@H]5CC[C@@]4(C)[C@]2(C)CC3)C1. The lowest BCUT2D eigenvalue weighted by Crippen LogP contribution is -2.67. The van der Waals surface area contributed by atoms with Crippen molar-refractivity contribution < 1.29 is 23.5 Å². The Morgan fingerprint density at radius 1 is 0.911 bits per heavy atom. The van der Waals surface area contributed by atoms with Crippen LogP contribution in [0.1, 0.15) is 123 Å². The average molecular weight is 620 g/mol. The highest BCUT2D eigenvalue weighted by atomic mass is 16.6. The van der Waals surface area contributed by atoms with Crippen LogP contribution in [0, 0.1) is 50.2 Å². The number of esters is 1. The van der Waals surface area contributed by atoms with Crippen LogP contribution in [0.2, 0.25) is 0 Å². The number of methoxy groups -OCH3 is 1. The summed E-state index contributed by atoms with van der Waals surface area (Å²) in [4.78, 5) is 29.5. The Labute approximate surface area is 271 Å². The van der Waals surface area contributed by atoms with Gasteiger partial charge in [-0.05, 0) is 116 Å². The largest absolute Gasteiger partial charge is 0.457 e. The highest BCUT2D eigenvalue weighted by Gasteiger charge is 2.69. The summed E-state index contributed by atoms with van der Waals surface area (Å²) >= 11 is 0. The summed E-state index contributed by atoms with van der Waals surface area (Å²) in [6.45, 7) is 18.8. The lowest BCUT2D eigenvalue weighted by Gasteiger charge is -2.71. The third-order valence-electron chi connectivity index (χ3n) is 15.4. The van der Waals surface area contributed by atoms with E-state index in [2.05, 4.69) is 59.4 Å². The van der Waals surface area contributed by atoms with Gasteiger partial charge >= 0.3 is 5.97 Å². The van der Waals surface area contributed by atoms with E-state index in [-0.39, 0.29) is 50.7 Å². The van der Waals surface area contributed by atoms with E-state index in [0.29, 0.717) is 29.4 Å². The minimum atomic E-state index is -0.341. The van der Waals surface area contributed by atoms with Gasteiger partial charge < -0.3 is 18.8 Å². The van der Waals surface area contributed by atoms with E-state index >= 15 is 0 Å². The molecule has 1 saturated heterocycles. The van der Waals surface area contributed by atoms with Crippen LogP contribution in [0.25, 0.3) is 0 Å². The van der Waals surface area contributed by atoms with Crippen molar-refractivity contribution in [1.29, 1.82) is 0 Å². The standard InChI is InChI=1S/C39H57NO5/c1-34(2)17-19-39(33(42)40-23-25(24-40)43-8)20-18-37(6)26(27(39)22-34)11-12-30-36(5)15-14-31(45-32(41)28-10-9-21-44-28)35(3,4)29(36)13-16-38(30,37)7/h9-11,21,25,27,29-31H,12-20,22-24H2,1-8H3/t27-,29-,30+,31-,36-,37+,38+,39-/m0/s1. The van der Waals surface area contributed by atoms with Gasteiger partial charge in [-0.3, -0.25) is 4.79 Å². The van der Waals surface area contributed by atoms with Gasteiger partial charge in [-0.2, -0.15) is 0 Å². The van der Waals surface area contributed by atoms with Gasteiger partial charge in [0.2, 0.25) is 11.7 Å². The maximum absolute atomic E-state index is 14.4. The van der Waals surface area contributed by atoms with Crippen molar-refractivity contribution in [2.24, 2.45) is 50.2 Å². The first kappa shape index (κ1) is 31.5. The smallest absolute Gasteiger partial charge is 0.374 e. The van der Waals surface area contributed by atoms with E-state index in [1.165, 1.54) is 12.7 Å². The number of carbonyl (C=O) groups excluding carboxylic acids is 2. The van der Waals surface area contributed by atoms with Crippen LogP contribution in [0.3, 0.4) is 0 Å². The highest BCUT2D eigenvalue weighted by Crippen LogP contribution is 2.76.